The SMILES string of the molecule is COc1ccc2[nH]c3c(c2c1)CN(C(=O)CC1CCN(C(C)C)CC1)CC3. The molecule has 27 heavy (non-hydrogen) atoms. The Bertz CT molecular complexity index is 818. The maximum Gasteiger partial charge on any atom is 0.223 e. The number of nitrogens with zero attached hydrogens (tertiary/aromatic N) is 2. The van der Waals surface area contributed by atoms with Gasteiger partial charge in [-0.1, -0.05) is 0 Å². The Balaban J connectivity index is 1.42. The molecule has 5 nitrogen and oxygen atoms in total. The molecule has 3 heterocycles. The number of amides is 1. The van der Waals surface area contributed by atoms with Gasteiger partial charge < -0.3 is 19.5 Å². The van der Waals surface area contributed by atoms with Crippen LogP contribution in [0.4, 0.5) is 0 Å². The van der Waals surface area contributed by atoms with E-state index >= 15 is 0 Å². The van der Waals surface area contributed by atoms with Gasteiger partial charge >= 0.3 is 0 Å². The van der Waals surface area contributed by atoms with Crippen molar-refractivity contribution in [2.24, 2.45) is 5.92 Å². The number of carbonyl (C=O) groups excluding carboxylic acids is 1. The van der Waals surface area contributed by atoms with Crippen LogP contribution in [0.2, 0.25) is 0 Å². The zero-order valence-electron chi connectivity index (χ0n) is 16.8. The Morgan fingerprint density at radius 3 is 2.74 bits per heavy atom. The number of likely N-dealkylation sites (tertiary alicyclic amines) is 1. The Morgan fingerprint density at radius 1 is 1.26 bits per heavy atom. The lowest BCUT2D eigenvalue weighted by atomic mass is 9.92. The van der Waals surface area contributed by atoms with Crippen molar-refractivity contribution in [3.05, 3.63) is 29.5 Å². The molecule has 2 aliphatic rings. The number of hydrogen-bond acceptors (Lipinski definition) is 3. The smallest absolute Gasteiger partial charge is 0.223 e. The molecule has 2 aliphatic heterocycles. The molecule has 2 aromatic rings. The van der Waals surface area contributed by atoms with Gasteiger partial charge in [-0.2, -0.15) is 0 Å². The molecule has 0 atom stereocenters. The van der Waals surface area contributed by atoms with Crippen molar-refractivity contribution in [2.45, 2.75) is 52.1 Å². The van der Waals surface area contributed by atoms with E-state index in [9.17, 15) is 4.79 Å². The van der Waals surface area contributed by atoms with Crippen LogP contribution in [0.15, 0.2) is 18.2 Å². The van der Waals surface area contributed by atoms with Crippen LogP contribution < -0.4 is 4.74 Å². The van der Waals surface area contributed by atoms with Crippen LogP contribution in [-0.4, -0.2) is 53.5 Å². The van der Waals surface area contributed by atoms with Gasteiger partial charge in [-0.3, -0.25) is 4.79 Å². The van der Waals surface area contributed by atoms with Gasteiger partial charge in [0, 0.05) is 54.1 Å². The summed E-state index contributed by atoms with van der Waals surface area (Å²) < 4.78 is 5.38. The summed E-state index contributed by atoms with van der Waals surface area (Å²) in [6.07, 6.45) is 3.90. The number of hydrogen-bond donors (Lipinski definition) is 1. The van der Waals surface area contributed by atoms with Crippen molar-refractivity contribution < 1.29 is 9.53 Å². The number of aromatic amines is 1. The number of H-pyrrole nitrogens is 1. The highest BCUT2D eigenvalue weighted by Gasteiger charge is 2.28. The number of nitrogens with one attached hydrogen (secondary N) is 1. The van der Waals surface area contributed by atoms with Crippen LogP contribution in [0.1, 0.15) is 44.4 Å². The van der Waals surface area contributed by atoms with Gasteiger partial charge in [-0.25, -0.2) is 0 Å². The summed E-state index contributed by atoms with van der Waals surface area (Å²) in [5.41, 5.74) is 3.67. The topological polar surface area (TPSA) is 48.6 Å². The quantitative estimate of drug-likeness (QED) is 0.896. The fourth-order valence-corrected chi connectivity index (χ4v) is 4.58. The highest BCUT2D eigenvalue weighted by Crippen LogP contribution is 2.31. The summed E-state index contributed by atoms with van der Waals surface area (Å²) in [4.78, 5) is 21.1. The predicted molar refractivity (Wildman–Crippen MR) is 108 cm³/mol. The van der Waals surface area contributed by atoms with Crippen LogP contribution in [0.25, 0.3) is 10.9 Å². The maximum atomic E-state index is 13.0. The molecular formula is C22H31N3O2. The number of carbonyl (C=O) groups is 1. The average molecular weight is 370 g/mol. The fourth-order valence-electron chi connectivity index (χ4n) is 4.58. The van der Waals surface area contributed by atoms with Gasteiger partial charge in [0.15, 0.2) is 0 Å². The first-order valence-electron chi connectivity index (χ1n) is 10.2. The highest BCUT2D eigenvalue weighted by molar-refractivity contribution is 5.87. The lowest BCUT2D eigenvalue weighted by molar-refractivity contribution is -0.133. The third-order valence-electron chi connectivity index (χ3n) is 6.38. The molecule has 1 aromatic heterocycles. The minimum Gasteiger partial charge on any atom is -0.497 e. The number of methoxy groups -OCH3 is 1. The van der Waals surface area contributed by atoms with E-state index in [0.29, 0.717) is 30.8 Å². The maximum absolute atomic E-state index is 13.0. The summed E-state index contributed by atoms with van der Waals surface area (Å²) in [6, 6.07) is 6.75. The minimum atomic E-state index is 0.320. The molecule has 0 spiro atoms. The van der Waals surface area contributed by atoms with Crippen LogP contribution in [0.5, 0.6) is 5.75 Å². The zero-order chi connectivity index (χ0) is 19.0. The second-order valence-corrected chi connectivity index (χ2v) is 8.34. The Labute approximate surface area is 161 Å². The van der Waals surface area contributed by atoms with E-state index in [4.69, 9.17) is 4.74 Å². The Hall–Kier alpha value is -2.01. The number of rotatable bonds is 4. The van der Waals surface area contributed by atoms with Crippen molar-refractivity contribution >= 4 is 16.8 Å². The fraction of sp³-hybridized carbons (Fsp3) is 0.591. The molecule has 0 bridgehead atoms. The summed E-state index contributed by atoms with van der Waals surface area (Å²) in [5, 5.41) is 1.19. The lowest BCUT2D eigenvalue weighted by Gasteiger charge is -2.35. The molecule has 0 saturated carbocycles. The van der Waals surface area contributed by atoms with Gasteiger partial charge in [0.05, 0.1) is 7.11 Å². The van der Waals surface area contributed by atoms with Gasteiger partial charge in [-0.15, -0.1) is 0 Å². The summed E-state index contributed by atoms with van der Waals surface area (Å²) in [5.74, 6) is 1.72. The number of aromatic nitrogens is 1. The van der Waals surface area contributed by atoms with E-state index in [1.807, 2.05) is 6.07 Å². The van der Waals surface area contributed by atoms with E-state index < -0.39 is 0 Å². The van der Waals surface area contributed by atoms with E-state index in [1.165, 1.54) is 16.6 Å². The lowest BCUT2D eigenvalue weighted by Crippen LogP contribution is -2.41. The molecule has 1 aromatic carbocycles. The number of benzene rings is 1. The molecule has 1 amide bonds. The molecule has 0 unspecified atom stereocenters. The molecule has 1 saturated heterocycles. The summed E-state index contributed by atoms with van der Waals surface area (Å²) in [7, 11) is 1.70. The van der Waals surface area contributed by atoms with Gasteiger partial charge in [0.1, 0.15) is 5.75 Å². The van der Waals surface area contributed by atoms with Crippen molar-refractivity contribution in [1.82, 2.24) is 14.8 Å². The van der Waals surface area contributed by atoms with Crippen LogP contribution >= 0.6 is 0 Å². The molecule has 1 N–H and O–H groups in total. The molecule has 0 aliphatic carbocycles. The normalized spacial score (nSPS) is 18.9. The van der Waals surface area contributed by atoms with E-state index in [0.717, 1.165) is 50.2 Å². The Morgan fingerprint density at radius 2 is 2.04 bits per heavy atom. The molecule has 0 radical (unpaired) electrons. The van der Waals surface area contributed by atoms with Gasteiger partial charge in [0.2, 0.25) is 5.91 Å². The van der Waals surface area contributed by atoms with Crippen molar-refractivity contribution in [1.29, 1.82) is 0 Å². The molecule has 1 fully saturated rings. The van der Waals surface area contributed by atoms with E-state index in [2.05, 4.69) is 40.8 Å². The summed E-state index contributed by atoms with van der Waals surface area (Å²) >= 11 is 0. The van der Waals surface area contributed by atoms with Gasteiger partial charge in [0.25, 0.3) is 0 Å². The van der Waals surface area contributed by atoms with E-state index in [1.54, 1.807) is 7.11 Å². The zero-order valence-corrected chi connectivity index (χ0v) is 16.8. The van der Waals surface area contributed by atoms with E-state index in [-0.39, 0.29) is 0 Å². The third kappa shape index (κ3) is 3.70. The average Bonchev–Trinajstić information content (AvgIpc) is 3.05. The second-order valence-electron chi connectivity index (χ2n) is 8.34. The monoisotopic (exact) mass is 369 g/mol. The minimum absolute atomic E-state index is 0.320. The molecule has 5 heteroatoms. The molecular weight excluding hydrogens is 338 g/mol. The largest absolute Gasteiger partial charge is 0.497 e. The number of ether oxygens (including phenoxy) is 1. The predicted octanol–water partition coefficient (Wildman–Crippen LogP) is 3.57. The first-order valence-corrected chi connectivity index (χ1v) is 10.2. The van der Waals surface area contributed by atoms with Crippen LogP contribution in [-0.2, 0) is 17.8 Å². The van der Waals surface area contributed by atoms with Crippen molar-refractivity contribution in [3.63, 3.8) is 0 Å². The second kappa shape index (κ2) is 7.55. The van der Waals surface area contributed by atoms with Gasteiger partial charge in [-0.05, 0) is 63.9 Å². The standard InChI is InChI=1S/C22H31N3O2/c1-15(2)24-9-6-16(7-10-24)12-22(26)25-11-8-21-19(14-25)18-13-17(27-3)4-5-20(18)23-21/h4-5,13,15-16,23H,6-12,14H2,1-3H3. The summed E-state index contributed by atoms with van der Waals surface area (Å²) in [6.45, 7) is 8.30. The van der Waals surface area contributed by atoms with Crippen molar-refractivity contribution in [3.8, 4) is 5.75 Å². The third-order valence-corrected chi connectivity index (χ3v) is 6.38. The number of piperidine rings is 1. The molecule has 4 rings (SSSR count). The first-order chi connectivity index (χ1) is 13.0. The Kier molecular flexibility index (Phi) is 5.13. The molecule has 146 valence electrons. The first kappa shape index (κ1) is 18.4. The number of fused-ring (bicyclic) bond motifs is 3. The highest BCUT2D eigenvalue weighted by atomic mass is 16.5. The van der Waals surface area contributed by atoms with Crippen LogP contribution in [0, 0.1) is 5.92 Å². The van der Waals surface area contributed by atoms with Crippen molar-refractivity contribution in [2.75, 3.05) is 26.7 Å². The van der Waals surface area contributed by atoms with Crippen LogP contribution in [0.3, 0.4) is 0 Å².